The summed E-state index contributed by atoms with van der Waals surface area (Å²) >= 11 is 12.8. The lowest BCUT2D eigenvalue weighted by Crippen LogP contribution is -2.46. The fourth-order valence-electron chi connectivity index (χ4n) is 4.72. The molecule has 0 fully saturated rings. The number of hydrogen-bond donors (Lipinski definition) is 3. The Morgan fingerprint density at radius 2 is 1.77 bits per heavy atom. The first kappa shape index (κ1) is 34.8. The number of benzene rings is 2. The normalized spacial score (nSPS) is 13.0. The molecule has 3 aromatic rings. The summed E-state index contributed by atoms with van der Waals surface area (Å²) in [5.74, 6) is -2.03. The minimum atomic E-state index is -4.27. The maximum Gasteiger partial charge on any atom is 0.303 e. The Kier molecular flexibility index (Phi) is 12.0. The number of carboxylic acid groups (broad SMARTS) is 1. The Hall–Kier alpha value is -2.67. The average Bonchev–Trinajstić information content (AvgIpc) is 2.91. The molecule has 0 spiro atoms. The summed E-state index contributed by atoms with van der Waals surface area (Å²) in [4.78, 5) is 14.4. The van der Waals surface area contributed by atoms with Crippen LogP contribution in [0.2, 0.25) is 10.0 Å². The van der Waals surface area contributed by atoms with Crippen molar-refractivity contribution >= 4 is 39.2 Å². The second-order valence-electron chi connectivity index (χ2n) is 11.0. The van der Waals surface area contributed by atoms with Crippen LogP contribution in [0.15, 0.2) is 53.7 Å². The van der Waals surface area contributed by atoms with Crippen molar-refractivity contribution in [2.24, 2.45) is 0 Å². The lowest BCUT2D eigenvalue weighted by Gasteiger charge is -2.29. The molecule has 3 rings (SSSR count). The Morgan fingerprint density at radius 3 is 2.40 bits per heavy atom. The van der Waals surface area contributed by atoms with Gasteiger partial charge in [-0.05, 0) is 80.5 Å². The van der Waals surface area contributed by atoms with Crippen LogP contribution in [0.4, 0.5) is 8.78 Å². The van der Waals surface area contributed by atoms with Gasteiger partial charge >= 0.3 is 5.97 Å². The van der Waals surface area contributed by atoms with Crippen molar-refractivity contribution in [3.63, 3.8) is 0 Å². The highest BCUT2D eigenvalue weighted by molar-refractivity contribution is 7.89. The first-order chi connectivity index (χ1) is 20.1. The molecule has 0 aliphatic carbocycles. The smallest absolute Gasteiger partial charge is 0.303 e. The molecule has 0 saturated heterocycles. The summed E-state index contributed by atoms with van der Waals surface area (Å²) in [7, 11) is -2.98. The third-order valence-corrected chi connectivity index (χ3v) is 9.80. The van der Waals surface area contributed by atoms with E-state index in [1.54, 1.807) is 18.3 Å². The van der Waals surface area contributed by atoms with Gasteiger partial charge in [-0.1, -0.05) is 35.3 Å². The number of aliphatic hydroxyl groups is 1. The van der Waals surface area contributed by atoms with E-state index in [1.165, 1.54) is 37.5 Å². The van der Waals surface area contributed by atoms with Crippen molar-refractivity contribution in [2.75, 3.05) is 20.1 Å². The number of aryl methyl sites for hydroxylation is 2. The zero-order valence-corrected chi connectivity index (χ0v) is 26.4. The molecule has 234 valence electrons. The first-order valence-corrected chi connectivity index (χ1v) is 15.8. The Bertz CT molecular complexity index is 1530. The van der Waals surface area contributed by atoms with Gasteiger partial charge in [-0.3, -0.25) is 9.78 Å². The summed E-state index contributed by atoms with van der Waals surface area (Å²) in [6.45, 7) is 3.69. The predicted molar refractivity (Wildman–Crippen MR) is 163 cm³/mol. The fourth-order valence-corrected chi connectivity index (χ4v) is 7.08. The van der Waals surface area contributed by atoms with E-state index in [1.807, 2.05) is 13.8 Å². The molecule has 3 N–H and O–H groups in total. The maximum absolute atomic E-state index is 14.8. The Morgan fingerprint density at radius 1 is 1.09 bits per heavy atom. The molecule has 0 radical (unpaired) electrons. The van der Waals surface area contributed by atoms with Crippen molar-refractivity contribution in [1.82, 2.24) is 14.6 Å². The second kappa shape index (κ2) is 14.9. The van der Waals surface area contributed by atoms with Crippen molar-refractivity contribution in [1.29, 1.82) is 0 Å². The molecule has 1 atom stereocenters. The van der Waals surface area contributed by atoms with E-state index in [0.717, 1.165) is 4.31 Å². The standard InChI is InChI=1S/C30H35Cl2F2N3O5S/c1-30(2,12-5-7-19-11-13-35-17-26(19)34)36-16-22(38)18-37(3)43(41,42)29-23(31)14-21(15-24(29)32)28-20(9-10-27(39)40)6-4-8-25(28)33/h4,6,8,11,13-15,17,22,36,38H,5,7,9-10,12,16,18H2,1-3H3,(H,39,40)/t22-/m1/s1. The Labute approximate surface area is 260 Å². The minimum absolute atomic E-state index is 0.0481. The third-order valence-electron chi connectivity index (χ3n) is 7.05. The summed E-state index contributed by atoms with van der Waals surface area (Å²) < 4.78 is 56.4. The molecule has 13 heteroatoms. The molecule has 0 bridgehead atoms. The fraction of sp³-hybridized carbons (Fsp3) is 0.400. The maximum atomic E-state index is 14.8. The lowest BCUT2D eigenvalue weighted by molar-refractivity contribution is -0.136. The van der Waals surface area contributed by atoms with Crippen LogP contribution in [0, 0.1) is 11.6 Å². The summed E-state index contributed by atoms with van der Waals surface area (Å²) in [5, 5.41) is 22.4. The van der Waals surface area contributed by atoms with Crippen LogP contribution in [0.3, 0.4) is 0 Å². The lowest BCUT2D eigenvalue weighted by atomic mass is 9.95. The van der Waals surface area contributed by atoms with E-state index in [2.05, 4.69) is 10.3 Å². The quantitative estimate of drug-likeness (QED) is 0.191. The largest absolute Gasteiger partial charge is 0.481 e. The van der Waals surface area contributed by atoms with Gasteiger partial charge in [0.2, 0.25) is 10.0 Å². The van der Waals surface area contributed by atoms with Gasteiger partial charge in [0.05, 0.1) is 22.3 Å². The number of carboxylic acids is 1. The van der Waals surface area contributed by atoms with Gasteiger partial charge < -0.3 is 15.5 Å². The van der Waals surface area contributed by atoms with Crippen LogP contribution in [0.5, 0.6) is 0 Å². The Balaban J connectivity index is 1.67. The van der Waals surface area contributed by atoms with Crippen molar-refractivity contribution in [3.8, 4) is 11.1 Å². The van der Waals surface area contributed by atoms with E-state index in [-0.39, 0.29) is 52.9 Å². The number of rotatable bonds is 15. The summed E-state index contributed by atoms with van der Waals surface area (Å²) in [6, 6.07) is 8.43. The molecule has 0 unspecified atom stereocenters. The van der Waals surface area contributed by atoms with Gasteiger partial charge in [0.1, 0.15) is 16.5 Å². The number of carbonyl (C=O) groups is 1. The zero-order chi connectivity index (χ0) is 31.9. The highest BCUT2D eigenvalue weighted by Crippen LogP contribution is 2.38. The molecule has 8 nitrogen and oxygen atoms in total. The molecule has 43 heavy (non-hydrogen) atoms. The molecule has 0 saturated carbocycles. The first-order valence-electron chi connectivity index (χ1n) is 13.6. The second-order valence-corrected chi connectivity index (χ2v) is 13.8. The molecule has 1 heterocycles. The third kappa shape index (κ3) is 9.41. The molecule has 1 aromatic heterocycles. The number of nitrogens with one attached hydrogen (secondary N) is 1. The molecular weight excluding hydrogens is 623 g/mol. The van der Waals surface area contributed by atoms with Crippen molar-refractivity contribution in [3.05, 3.63) is 81.6 Å². The highest BCUT2D eigenvalue weighted by atomic mass is 35.5. The van der Waals surface area contributed by atoms with Gasteiger partial charge in [0.25, 0.3) is 0 Å². The number of aliphatic hydroxyl groups excluding tert-OH is 1. The van der Waals surface area contributed by atoms with Crippen LogP contribution < -0.4 is 5.32 Å². The number of halogens is 4. The van der Waals surface area contributed by atoms with Crippen LogP contribution in [-0.2, 0) is 27.7 Å². The van der Waals surface area contributed by atoms with Crippen LogP contribution in [-0.4, -0.2) is 65.7 Å². The number of aromatic nitrogens is 1. The van der Waals surface area contributed by atoms with Crippen molar-refractivity contribution < 1.29 is 32.2 Å². The number of aliphatic carboxylic acids is 1. The molecule has 2 aromatic carbocycles. The predicted octanol–water partition coefficient (Wildman–Crippen LogP) is 5.72. The average molecular weight is 659 g/mol. The number of pyridine rings is 1. The molecule has 0 aliphatic rings. The number of β-amino-alcohol motifs (C(OH)–C–C–N with tert-alkyl or cyclic N) is 1. The highest BCUT2D eigenvalue weighted by Gasteiger charge is 2.30. The SMILES string of the molecule is CN(C[C@H](O)CNC(C)(C)CCCc1ccncc1F)S(=O)(=O)c1c(Cl)cc(-c2c(F)cccc2CCC(=O)O)cc1Cl. The summed E-state index contributed by atoms with van der Waals surface area (Å²) in [5.41, 5.74) is 0.856. The topological polar surface area (TPSA) is 120 Å². The van der Waals surface area contributed by atoms with E-state index in [9.17, 15) is 27.1 Å². The van der Waals surface area contributed by atoms with Crippen LogP contribution in [0.25, 0.3) is 11.1 Å². The summed E-state index contributed by atoms with van der Waals surface area (Å²) in [6.07, 6.45) is 3.36. The van der Waals surface area contributed by atoms with Crippen molar-refractivity contribution in [2.45, 2.75) is 62.5 Å². The van der Waals surface area contributed by atoms with Gasteiger partial charge in [-0.15, -0.1) is 0 Å². The molecule has 0 aliphatic heterocycles. The van der Waals surface area contributed by atoms with Gasteiger partial charge in [0.15, 0.2) is 0 Å². The minimum Gasteiger partial charge on any atom is -0.481 e. The van der Waals surface area contributed by atoms with Gasteiger partial charge in [-0.25, -0.2) is 17.2 Å². The van der Waals surface area contributed by atoms with Gasteiger partial charge in [-0.2, -0.15) is 4.31 Å². The van der Waals surface area contributed by atoms with Crippen LogP contribution >= 0.6 is 23.2 Å². The van der Waals surface area contributed by atoms with Gasteiger partial charge in [0, 0.05) is 43.9 Å². The van der Waals surface area contributed by atoms with E-state index >= 15 is 0 Å². The zero-order valence-electron chi connectivity index (χ0n) is 24.1. The number of likely N-dealkylation sites (N-methyl/N-ethyl adjacent to an activating group) is 1. The van der Waals surface area contributed by atoms with Crippen LogP contribution in [0.1, 0.15) is 44.2 Å². The number of hydrogen-bond acceptors (Lipinski definition) is 6. The van der Waals surface area contributed by atoms with E-state index < -0.39 is 38.3 Å². The number of sulfonamides is 1. The molecular formula is C30H35Cl2F2N3O5S. The number of nitrogens with zero attached hydrogens (tertiary/aromatic N) is 2. The monoisotopic (exact) mass is 657 g/mol. The van der Waals surface area contributed by atoms with E-state index in [0.29, 0.717) is 30.4 Å². The molecule has 0 amide bonds. The van der Waals surface area contributed by atoms with E-state index in [4.69, 9.17) is 28.3 Å².